The van der Waals surface area contributed by atoms with Gasteiger partial charge >= 0.3 is 6.09 Å². The lowest BCUT2D eigenvalue weighted by Gasteiger charge is -2.22. The second-order valence-corrected chi connectivity index (χ2v) is 7.16. The molecule has 2 aromatic carbocycles. The Morgan fingerprint density at radius 1 is 0.893 bits per heavy atom. The van der Waals surface area contributed by atoms with Gasteiger partial charge in [0.2, 0.25) is 0 Å². The van der Waals surface area contributed by atoms with Crippen molar-refractivity contribution in [3.05, 3.63) is 65.7 Å². The first kappa shape index (κ1) is 22.0. The highest BCUT2D eigenvalue weighted by molar-refractivity contribution is 5.70. The van der Waals surface area contributed by atoms with Gasteiger partial charge in [0, 0.05) is 19.7 Å². The van der Waals surface area contributed by atoms with E-state index in [9.17, 15) is 4.79 Å². The van der Waals surface area contributed by atoms with Crippen molar-refractivity contribution in [1.82, 2.24) is 4.90 Å². The number of ether oxygens (including phenoxy) is 1. The molecule has 28 heavy (non-hydrogen) atoms. The standard InChI is InChI=1S/C24H33NO3/c1-2-3-11-21-14-16-22(17-15-21)20-25(18-9-4-5-10-19-26)24(27)28-23-12-7-6-8-13-23/h6-8,12-17,26H,2-5,9-11,18-20H2,1H3. The van der Waals surface area contributed by atoms with Gasteiger partial charge in [-0.1, -0.05) is 68.7 Å². The van der Waals surface area contributed by atoms with Crippen LogP contribution in [-0.2, 0) is 13.0 Å². The molecule has 0 radical (unpaired) electrons. The molecule has 1 N–H and O–H groups in total. The molecule has 0 aliphatic rings. The van der Waals surface area contributed by atoms with E-state index in [-0.39, 0.29) is 12.7 Å². The van der Waals surface area contributed by atoms with Gasteiger partial charge in [-0.25, -0.2) is 4.79 Å². The number of aliphatic hydroxyl groups excluding tert-OH is 1. The summed E-state index contributed by atoms with van der Waals surface area (Å²) in [4.78, 5) is 14.5. The number of rotatable bonds is 12. The van der Waals surface area contributed by atoms with Crippen LogP contribution in [0.25, 0.3) is 0 Å². The van der Waals surface area contributed by atoms with Gasteiger partial charge in [-0.2, -0.15) is 0 Å². The van der Waals surface area contributed by atoms with Gasteiger partial charge in [-0.05, 0) is 48.9 Å². The minimum Gasteiger partial charge on any atom is -0.410 e. The van der Waals surface area contributed by atoms with Crippen molar-refractivity contribution >= 4 is 6.09 Å². The molecule has 0 bridgehead atoms. The van der Waals surface area contributed by atoms with Crippen molar-refractivity contribution in [3.63, 3.8) is 0 Å². The molecule has 4 heteroatoms. The Morgan fingerprint density at radius 2 is 1.57 bits per heavy atom. The van der Waals surface area contributed by atoms with Crippen LogP contribution in [-0.4, -0.2) is 29.3 Å². The molecule has 0 aliphatic heterocycles. The fourth-order valence-corrected chi connectivity index (χ4v) is 3.07. The van der Waals surface area contributed by atoms with Crippen LogP contribution in [0.1, 0.15) is 56.6 Å². The number of amides is 1. The Kier molecular flexibility index (Phi) is 10.2. The van der Waals surface area contributed by atoms with Crippen LogP contribution in [0, 0.1) is 0 Å². The first-order valence-corrected chi connectivity index (χ1v) is 10.4. The summed E-state index contributed by atoms with van der Waals surface area (Å²) in [6.07, 6.45) is 6.85. The quantitative estimate of drug-likeness (QED) is 0.487. The Morgan fingerprint density at radius 3 is 2.25 bits per heavy atom. The number of aryl methyl sites for hydroxylation is 1. The Bertz CT molecular complexity index is 670. The first-order valence-electron chi connectivity index (χ1n) is 10.4. The number of carbonyl (C=O) groups excluding carboxylic acids is 1. The highest BCUT2D eigenvalue weighted by Crippen LogP contribution is 2.15. The largest absolute Gasteiger partial charge is 0.415 e. The number of carbonyl (C=O) groups is 1. The molecular formula is C24H33NO3. The van der Waals surface area contributed by atoms with E-state index in [2.05, 4.69) is 31.2 Å². The zero-order valence-electron chi connectivity index (χ0n) is 17.0. The van der Waals surface area contributed by atoms with Gasteiger partial charge in [-0.3, -0.25) is 0 Å². The molecule has 0 aromatic heterocycles. The van der Waals surface area contributed by atoms with Gasteiger partial charge in [0.15, 0.2) is 0 Å². The lowest BCUT2D eigenvalue weighted by Crippen LogP contribution is -2.34. The third-order valence-corrected chi connectivity index (χ3v) is 4.76. The van der Waals surface area contributed by atoms with E-state index >= 15 is 0 Å². The number of para-hydroxylation sites is 1. The molecule has 0 saturated carbocycles. The lowest BCUT2D eigenvalue weighted by molar-refractivity contribution is 0.148. The van der Waals surface area contributed by atoms with Gasteiger partial charge in [0.1, 0.15) is 5.75 Å². The molecule has 2 aromatic rings. The third-order valence-electron chi connectivity index (χ3n) is 4.76. The third kappa shape index (κ3) is 8.13. The molecule has 2 rings (SSSR count). The Balaban J connectivity index is 1.97. The normalized spacial score (nSPS) is 10.6. The fourth-order valence-electron chi connectivity index (χ4n) is 3.07. The molecule has 0 saturated heterocycles. The molecule has 0 fully saturated rings. The van der Waals surface area contributed by atoms with E-state index in [1.807, 2.05) is 18.2 Å². The maximum Gasteiger partial charge on any atom is 0.415 e. The molecule has 0 spiro atoms. The monoisotopic (exact) mass is 383 g/mol. The van der Waals surface area contributed by atoms with Crippen molar-refractivity contribution in [3.8, 4) is 5.75 Å². The summed E-state index contributed by atoms with van der Waals surface area (Å²) in [5.74, 6) is 0.563. The molecule has 4 nitrogen and oxygen atoms in total. The number of aliphatic hydroxyl groups is 1. The van der Waals surface area contributed by atoms with Crippen molar-refractivity contribution in [2.75, 3.05) is 13.2 Å². The van der Waals surface area contributed by atoms with Crippen molar-refractivity contribution in [2.24, 2.45) is 0 Å². The predicted octanol–water partition coefficient (Wildman–Crippen LogP) is 5.58. The Hall–Kier alpha value is -2.33. The summed E-state index contributed by atoms with van der Waals surface area (Å²) in [6.45, 7) is 3.61. The van der Waals surface area contributed by atoms with Gasteiger partial charge in [-0.15, -0.1) is 0 Å². The average Bonchev–Trinajstić information content (AvgIpc) is 2.73. The average molecular weight is 384 g/mol. The molecular weight excluding hydrogens is 350 g/mol. The van der Waals surface area contributed by atoms with Crippen LogP contribution >= 0.6 is 0 Å². The van der Waals surface area contributed by atoms with E-state index in [1.165, 1.54) is 18.4 Å². The van der Waals surface area contributed by atoms with E-state index in [1.54, 1.807) is 17.0 Å². The number of nitrogens with zero attached hydrogens (tertiary/aromatic N) is 1. The number of unbranched alkanes of at least 4 members (excludes halogenated alkanes) is 4. The zero-order valence-corrected chi connectivity index (χ0v) is 17.0. The second kappa shape index (κ2) is 12.9. The molecule has 152 valence electrons. The number of hydrogen-bond donors (Lipinski definition) is 1. The molecule has 0 aliphatic carbocycles. The van der Waals surface area contributed by atoms with Crippen molar-refractivity contribution in [1.29, 1.82) is 0 Å². The van der Waals surface area contributed by atoms with Crippen LogP contribution in [0.4, 0.5) is 4.79 Å². The topological polar surface area (TPSA) is 49.8 Å². The SMILES string of the molecule is CCCCc1ccc(CN(CCCCCCO)C(=O)Oc2ccccc2)cc1. The van der Waals surface area contributed by atoms with Crippen LogP contribution in [0.15, 0.2) is 54.6 Å². The maximum atomic E-state index is 12.7. The number of hydrogen-bond acceptors (Lipinski definition) is 3. The highest BCUT2D eigenvalue weighted by Gasteiger charge is 2.16. The maximum absolute atomic E-state index is 12.7. The second-order valence-electron chi connectivity index (χ2n) is 7.16. The smallest absolute Gasteiger partial charge is 0.410 e. The van der Waals surface area contributed by atoms with Crippen LogP contribution in [0.2, 0.25) is 0 Å². The first-order chi connectivity index (χ1) is 13.7. The minimum absolute atomic E-state index is 0.226. The summed E-state index contributed by atoms with van der Waals surface area (Å²) in [5.41, 5.74) is 2.45. The molecule has 0 heterocycles. The highest BCUT2D eigenvalue weighted by atomic mass is 16.6. The van der Waals surface area contributed by atoms with Crippen LogP contribution < -0.4 is 4.74 Å². The van der Waals surface area contributed by atoms with Crippen molar-refractivity contribution < 1.29 is 14.6 Å². The fraction of sp³-hybridized carbons (Fsp3) is 0.458. The number of benzene rings is 2. The molecule has 0 atom stereocenters. The Labute approximate surface area is 169 Å². The molecule has 1 amide bonds. The summed E-state index contributed by atoms with van der Waals surface area (Å²) in [5, 5.41) is 8.91. The van der Waals surface area contributed by atoms with Crippen LogP contribution in [0.5, 0.6) is 5.75 Å². The summed E-state index contributed by atoms with van der Waals surface area (Å²) in [7, 11) is 0. The van der Waals surface area contributed by atoms with Gasteiger partial charge in [0.25, 0.3) is 0 Å². The van der Waals surface area contributed by atoms with Gasteiger partial charge in [0.05, 0.1) is 0 Å². The predicted molar refractivity (Wildman–Crippen MR) is 113 cm³/mol. The zero-order chi connectivity index (χ0) is 20.0. The van der Waals surface area contributed by atoms with E-state index in [0.717, 1.165) is 37.7 Å². The van der Waals surface area contributed by atoms with E-state index in [4.69, 9.17) is 9.84 Å². The summed E-state index contributed by atoms with van der Waals surface area (Å²) < 4.78 is 5.55. The van der Waals surface area contributed by atoms with E-state index < -0.39 is 0 Å². The van der Waals surface area contributed by atoms with Crippen LogP contribution in [0.3, 0.4) is 0 Å². The summed E-state index contributed by atoms with van der Waals surface area (Å²) >= 11 is 0. The van der Waals surface area contributed by atoms with Gasteiger partial charge < -0.3 is 14.7 Å². The lowest BCUT2D eigenvalue weighted by atomic mass is 10.1. The summed E-state index contributed by atoms with van der Waals surface area (Å²) in [6, 6.07) is 17.7. The minimum atomic E-state index is -0.316. The van der Waals surface area contributed by atoms with E-state index in [0.29, 0.717) is 18.8 Å². The van der Waals surface area contributed by atoms with Crippen molar-refractivity contribution in [2.45, 2.75) is 58.4 Å². The molecule has 0 unspecified atom stereocenters.